The molecule has 0 unspecified atom stereocenters. The summed E-state index contributed by atoms with van der Waals surface area (Å²) in [4.78, 5) is 18.1. The number of benzene rings is 1. The summed E-state index contributed by atoms with van der Waals surface area (Å²) in [5.41, 5.74) is 0.264. The highest BCUT2D eigenvalue weighted by Crippen LogP contribution is 2.14. The first-order valence-electron chi connectivity index (χ1n) is 7.05. The van der Waals surface area contributed by atoms with E-state index in [-0.39, 0.29) is 29.9 Å². The molecule has 0 aliphatic carbocycles. The number of nitrogens with one attached hydrogen (secondary N) is 1. The second kappa shape index (κ2) is 6.57. The van der Waals surface area contributed by atoms with Crippen LogP contribution in [0.2, 0.25) is 0 Å². The number of oxazole rings is 1. The Morgan fingerprint density at radius 2 is 2.23 bits per heavy atom. The summed E-state index contributed by atoms with van der Waals surface area (Å²) < 4.78 is 23.7. The van der Waals surface area contributed by atoms with Gasteiger partial charge < -0.3 is 19.4 Å². The van der Waals surface area contributed by atoms with E-state index in [9.17, 15) is 9.18 Å². The van der Waals surface area contributed by atoms with Crippen molar-refractivity contribution in [3.05, 3.63) is 47.9 Å². The SMILES string of the molecule is O=C(c1coc(COc2cccc(F)c2)n1)N1CCNCC1. The van der Waals surface area contributed by atoms with Crippen molar-refractivity contribution in [1.82, 2.24) is 15.2 Å². The van der Waals surface area contributed by atoms with Crippen molar-refractivity contribution >= 4 is 5.91 Å². The van der Waals surface area contributed by atoms with E-state index in [1.54, 1.807) is 17.0 Å². The first-order chi connectivity index (χ1) is 10.7. The minimum atomic E-state index is -0.375. The maximum Gasteiger partial charge on any atom is 0.275 e. The second-order valence-corrected chi connectivity index (χ2v) is 4.91. The van der Waals surface area contributed by atoms with Crippen molar-refractivity contribution in [3.8, 4) is 5.75 Å². The van der Waals surface area contributed by atoms with E-state index >= 15 is 0 Å². The number of hydrogen-bond acceptors (Lipinski definition) is 5. The molecule has 2 aromatic rings. The average molecular weight is 305 g/mol. The van der Waals surface area contributed by atoms with Crippen LogP contribution in [0, 0.1) is 5.82 Å². The normalized spacial score (nSPS) is 14.9. The third-order valence-electron chi connectivity index (χ3n) is 3.33. The fourth-order valence-corrected chi connectivity index (χ4v) is 2.21. The maximum atomic E-state index is 13.0. The number of piperazine rings is 1. The Morgan fingerprint density at radius 3 is 3.00 bits per heavy atom. The van der Waals surface area contributed by atoms with Crippen molar-refractivity contribution in [1.29, 1.82) is 0 Å². The van der Waals surface area contributed by atoms with Crippen LogP contribution in [0.25, 0.3) is 0 Å². The number of halogens is 1. The molecular weight excluding hydrogens is 289 g/mol. The molecule has 1 N–H and O–H groups in total. The molecule has 22 heavy (non-hydrogen) atoms. The fraction of sp³-hybridized carbons (Fsp3) is 0.333. The number of rotatable bonds is 4. The van der Waals surface area contributed by atoms with Gasteiger partial charge in [0, 0.05) is 32.2 Å². The Bertz CT molecular complexity index is 653. The minimum Gasteiger partial charge on any atom is -0.484 e. The van der Waals surface area contributed by atoms with Gasteiger partial charge in [0.1, 0.15) is 17.8 Å². The molecule has 0 spiro atoms. The Kier molecular flexibility index (Phi) is 4.34. The molecule has 1 saturated heterocycles. The van der Waals surface area contributed by atoms with Gasteiger partial charge in [0.05, 0.1) is 0 Å². The fourth-order valence-electron chi connectivity index (χ4n) is 2.21. The number of ether oxygens (including phenoxy) is 1. The maximum absolute atomic E-state index is 13.0. The summed E-state index contributed by atoms with van der Waals surface area (Å²) in [6.07, 6.45) is 1.33. The Labute approximate surface area is 126 Å². The van der Waals surface area contributed by atoms with Crippen LogP contribution in [-0.2, 0) is 6.61 Å². The first kappa shape index (κ1) is 14.5. The van der Waals surface area contributed by atoms with Gasteiger partial charge in [-0.25, -0.2) is 9.37 Å². The minimum absolute atomic E-state index is 0.0400. The Balaban J connectivity index is 1.60. The lowest BCUT2D eigenvalue weighted by Crippen LogP contribution is -2.46. The second-order valence-electron chi connectivity index (χ2n) is 4.91. The topological polar surface area (TPSA) is 67.6 Å². The van der Waals surface area contributed by atoms with Gasteiger partial charge in [0.15, 0.2) is 12.3 Å². The van der Waals surface area contributed by atoms with Crippen LogP contribution in [0.5, 0.6) is 5.75 Å². The number of carbonyl (C=O) groups is 1. The zero-order valence-electron chi connectivity index (χ0n) is 11.9. The summed E-state index contributed by atoms with van der Waals surface area (Å²) >= 11 is 0. The molecular formula is C15H16FN3O3. The van der Waals surface area contributed by atoms with Crippen molar-refractivity contribution in [3.63, 3.8) is 0 Å². The number of amides is 1. The third kappa shape index (κ3) is 3.43. The van der Waals surface area contributed by atoms with Gasteiger partial charge in [-0.2, -0.15) is 0 Å². The molecule has 2 heterocycles. The van der Waals surface area contributed by atoms with Crippen molar-refractivity contribution in [2.75, 3.05) is 26.2 Å². The van der Waals surface area contributed by atoms with Crippen molar-refractivity contribution in [2.24, 2.45) is 0 Å². The van der Waals surface area contributed by atoms with Gasteiger partial charge in [-0.15, -0.1) is 0 Å². The quantitative estimate of drug-likeness (QED) is 0.926. The van der Waals surface area contributed by atoms with Crippen LogP contribution in [0.1, 0.15) is 16.4 Å². The molecule has 0 saturated carbocycles. The molecule has 0 bridgehead atoms. The van der Waals surface area contributed by atoms with Gasteiger partial charge in [-0.1, -0.05) is 6.07 Å². The monoisotopic (exact) mass is 305 g/mol. The number of hydrogen-bond donors (Lipinski definition) is 1. The summed E-state index contributed by atoms with van der Waals surface area (Å²) in [5, 5.41) is 3.18. The third-order valence-corrected chi connectivity index (χ3v) is 3.33. The highest BCUT2D eigenvalue weighted by atomic mass is 19.1. The molecule has 1 aliphatic rings. The number of aromatic nitrogens is 1. The van der Waals surface area contributed by atoms with Gasteiger partial charge in [-0.05, 0) is 12.1 Å². The van der Waals surface area contributed by atoms with Gasteiger partial charge >= 0.3 is 0 Å². The van der Waals surface area contributed by atoms with Gasteiger partial charge in [0.25, 0.3) is 5.91 Å². The average Bonchev–Trinajstić information content (AvgIpc) is 3.02. The van der Waals surface area contributed by atoms with Crippen LogP contribution >= 0.6 is 0 Å². The van der Waals surface area contributed by atoms with E-state index in [2.05, 4.69) is 10.3 Å². The molecule has 0 radical (unpaired) electrons. The van der Waals surface area contributed by atoms with Crippen LogP contribution < -0.4 is 10.1 Å². The molecule has 116 valence electrons. The summed E-state index contributed by atoms with van der Waals surface area (Å²) in [5.74, 6) is 0.137. The number of carbonyl (C=O) groups excluding carboxylic acids is 1. The predicted molar refractivity (Wildman–Crippen MR) is 76.0 cm³/mol. The highest BCUT2D eigenvalue weighted by Gasteiger charge is 2.21. The summed E-state index contributed by atoms with van der Waals surface area (Å²) in [6, 6.07) is 5.80. The molecule has 1 amide bonds. The zero-order valence-corrected chi connectivity index (χ0v) is 11.9. The molecule has 1 aromatic heterocycles. The van der Waals surface area contributed by atoms with E-state index < -0.39 is 0 Å². The van der Waals surface area contributed by atoms with Crippen LogP contribution in [0.3, 0.4) is 0 Å². The highest BCUT2D eigenvalue weighted by molar-refractivity contribution is 5.92. The van der Waals surface area contributed by atoms with Crippen LogP contribution in [0.4, 0.5) is 4.39 Å². The van der Waals surface area contributed by atoms with Gasteiger partial charge in [-0.3, -0.25) is 4.79 Å². The number of nitrogens with zero attached hydrogens (tertiary/aromatic N) is 2. The molecule has 1 aliphatic heterocycles. The lowest BCUT2D eigenvalue weighted by Gasteiger charge is -2.26. The van der Waals surface area contributed by atoms with E-state index in [1.165, 1.54) is 18.4 Å². The lowest BCUT2D eigenvalue weighted by atomic mass is 10.3. The summed E-state index contributed by atoms with van der Waals surface area (Å²) in [6.45, 7) is 2.90. The van der Waals surface area contributed by atoms with E-state index in [0.29, 0.717) is 18.8 Å². The van der Waals surface area contributed by atoms with Crippen molar-refractivity contribution in [2.45, 2.75) is 6.61 Å². The van der Waals surface area contributed by atoms with Crippen LogP contribution in [-0.4, -0.2) is 42.0 Å². The Hall–Kier alpha value is -2.41. The first-order valence-corrected chi connectivity index (χ1v) is 7.05. The van der Waals surface area contributed by atoms with Gasteiger partial charge in [0.2, 0.25) is 5.89 Å². The van der Waals surface area contributed by atoms with Crippen LogP contribution in [0.15, 0.2) is 34.9 Å². The molecule has 1 fully saturated rings. The summed E-state index contributed by atoms with van der Waals surface area (Å²) in [7, 11) is 0. The van der Waals surface area contributed by atoms with Crippen molar-refractivity contribution < 1.29 is 18.3 Å². The predicted octanol–water partition coefficient (Wildman–Crippen LogP) is 1.44. The van der Waals surface area contributed by atoms with E-state index in [4.69, 9.17) is 9.15 Å². The smallest absolute Gasteiger partial charge is 0.275 e. The molecule has 1 aromatic carbocycles. The van der Waals surface area contributed by atoms with E-state index in [0.717, 1.165) is 13.1 Å². The largest absolute Gasteiger partial charge is 0.484 e. The lowest BCUT2D eigenvalue weighted by molar-refractivity contribution is 0.0729. The molecule has 7 heteroatoms. The Morgan fingerprint density at radius 1 is 1.41 bits per heavy atom. The molecule has 6 nitrogen and oxygen atoms in total. The van der Waals surface area contributed by atoms with E-state index in [1.807, 2.05) is 0 Å². The standard InChI is InChI=1S/C15H16FN3O3/c16-11-2-1-3-12(8-11)21-10-14-18-13(9-22-14)15(20)19-6-4-17-5-7-19/h1-3,8-9,17H,4-7,10H2. The zero-order chi connectivity index (χ0) is 15.4. The molecule has 0 atom stereocenters. The molecule has 3 rings (SSSR count).